The minimum Gasteiger partial charge on any atom is -0.411 e. The van der Waals surface area contributed by atoms with Gasteiger partial charge in [-0.25, -0.2) is 4.39 Å². The molecule has 1 aromatic rings. The fourth-order valence-electron chi connectivity index (χ4n) is 1.42. The smallest absolute Gasteiger partial charge is 0.411 e. The minimum atomic E-state index is -6.08. The summed E-state index contributed by atoms with van der Waals surface area (Å²) in [5.74, 6) is -2.01. The first-order chi connectivity index (χ1) is 10.2. The minimum absolute atomic E-state index is 0.136. The van der Waals surface area contributed by atoms with Gasteiger partial charge in [0.1, 0.15) is 5.56 Å². The molecule has 23 heavy (non-hydrogen) atoms. The molecule has 1 heterocycles. The lowest BCUT2D eigenvalue weighted by molar-refractivity contribution is -0.306. The zero-order valence-corrected chi connectivity index (χ0v) is 10.8. The highest BCUT2D eigenvalue weighted by Gasteiger charge is 2.60. The first kappa shape index (κ1) is 18.9. The van der Waals surface area contributed by atoms with E-state index in [4.69, 9.17) is 5.21 Å². The van der Waals surface area contributed by atoms with Gasteiger partial charge < -0.3 is 9.94 Å². The lowest BCUT2D eigenvalue weighted by Gasteiger charge is -2.22. The fourth-order valence-corrected chi connectivity index (χ4v) is 1.42. The Bertz CT molecular complexity index is 590. The molecule has 1 unspecified atom stereocenters. The Morgan fingerprint density at radius 2 is 1.70 bits per heavy atom. The van der Waals surface area contributed by atoms with Crippen LogP contribution in [0.3, 0.4) is 0 Å². The van der Waals surface area contributed by atoms with Crippen LogP contribution in [0.25, 0.3) is 0 Å². The molecule has 1 N–H and O–H groups in total. The third-order valence-corrected chi connectivity index (χ3v) is 2.34. The molecule has 0 aromatic carbocycles. The number of aromatic nitrogens is 2. The zero-order valence-electron chi connectivity index (χ0n) is 10.8. The topological polar surface area (TPSA) is 59.6 Å². The first-order valence-corrected chi connectivity index (χ1v) is 5.31. The van der Waals surface area contributed by atoms with Crippen molar-refractivity contribution in [3.05, 3.63) is 11.3 Å². The second-order valence-electron chi connectivity index (χ2n) is 4.00. The number of rotatable bonds is 4. The lowest BCUT2D eigenvalue weighted by atomic mass is 10.2. The number of ether oxygens (including phenoxy) is 1. The highest BCUT2D eigenvalue weighted by Crippen LogP contribution is 2.42. The monoisotopic (exact) mass is 359 g/mol. The lowest BCUT2D eigenvalue weighted by Crippen LogP contribution is -2.46. The summed E-state index contributed by atoms with van der Waals surface area (Å²) >= 11 is 0. The number of oxime groups is 1. The summed E-state index contributed by atoms with van der Waals surface area (Å²) in [5.41, 5.74) is -3.17. The van der Waals surface area contributed by atoms with Crippen LogP contribution < -0.4 is 4.74 Å². The van der Waals surface area contributed by atoms with E-state index in [9.17, 15) is 39.5 Å². The van der Waals surface area contributed by atoms with Gasteiger partial charge in [0.25, 0.3) is 12.1 Å². The number of hydrogen-bond donors (Lipinski definition) is 1. The van der Waals surface area contributed by atoms with E-state index in [-0.39, 0.29) is 10.9 Å². The average Bonchev–Trinajstić information content (AvgIpc) is 2.63. The van der Waals surface area contributed by atoms with Crippen molar-refractivity contribution in [3.63, 3.8) is 0 Å². The van der Waals surface area contributed by atoms with Gasteiger partial charge >= 0.3 is 18.5 Å². The third-order valence-electron chi connectivity index (χ3n) is 2.34. The van der Waals surface area contributed by atoms with Crippen molar-refractivity contribution in [2.45, 2.75) is 24.6 Å². The van der Waals surface area contributed by atoms with Crippen LogP contribution in [-0.2, 0) is 13.2 Å². The standard InChI is InChI=1S/C9H6F9N3O2/c1-21-3(2-19-22)4(7(11,12)13)5(20-21)23-9(17,18)6(10)8(14,15)16/h2,6,22H,1H3. The Balaban J connectivity index is 3.37. The van der Waals surface area contributed by atoms with Crippen molar-refractivity contribution in [3.8, 4) is 5.88 Å². The van der Waals surface area contributed by atoms with Crippen LogP contribution in [0.15, 0.2) is 5.16 Å². The molecule has 0 saturated heterocycles. The van der Waals surface area contributed by atoms with Gasteiger partial charge in [-0.1, -0.05) is 5.16 Å². The molecule has 0 fully saturated rings. The van der Waals surface area contributed by atoms with Crippen LogP contribution in [-0.4, -0.2) is 39.7 Å². The van der Waals surface area contributed by atoms with Gasteiger partial charge in [-0.3, -0.25) is 4.68 Å². The maximum absolute atomic E-state index is 13.1. The van der Waals surface area contributed by atoms with Crippen LogP contribution in [0.5, 0.6) is 5.88 Å². The van der Waals surface area contributed by atoms with Gasteiger partial charge in [0, 0.05) is 7.05 Å². The van der Waals surface area contributed by atoms with Gasteiger partial charge in [0.15, 0.2) is 0 Å². The van der Waals surface area contributed by atoms with Crippen molar-refractivity contribution >= 4 is 6.21 Å². The maximum Gasteiger partial charge on any atom is 0.440 e. The van der Waals surface area contributed by atoms with Crippen molar-refractivity contribution in [2.24, 2.45) is 12.2 Å². The molecule has 1 atom stereocenters. The maximum atomic E-state index is 13.1. The largest absolute Gasteiger partial charge is 0.440 e. The zero-order chi connectivity index (χ0) is 18.2. The molecule has 1 rings (SSSR count). The van der Waals surface area contributed by atoms with Crippen LogP contribution in [0.2, 0.25) is 0 Å². The summed E-state index contributed by atoms with van der Waals surface area (Å²) in [4.78, 5) is 0. The van der Waals surface area contributed by atoms with Crippen LogP contribution >= 0.6 is 0 Å². The van der Waals surface area contributed by atoms with Crippen LogP contribution in [0.1, 0.15) is 11.3 Å². The predicted molar refractivity (Wildman–Crippen MR) is 54.1 cm³/mol. The molecule has 0 bridgehead atoms. The van der Waals surface area contributed by atoms with Gasteiger partial charge in [-0.2, -0.15) is 35.1 Å². The summed E-state index contributed by atoms with van der Waals surface area (Å²) in [6.45, 7) is 0. The second-order valence-corrected chi connectivity index (χ2v) is 4.00. The average molecular weight is 359 g/mol. The number of hydrogen-bond acceptors (Lipinski definition) is 4. The van der Waals surface area contributed by atoms with Gasteiger partial charge in [0.05, 0.1) is 11.9 Å². The summed E-state index contributed by atoms with van der Waals surface area (Å²) in [7, 11) is 0.772. The van der Waals surface area contributed by atoms with Crippen molar-refractivity contribution < 1.29 is 49.5 Å². The molecule has 1 aromatic heterocycles. The van der Waals surface area contributed by atoms with E-state index in [0.29, 0.717) is 0 Å². The van der Waals surface area contributed by atoms with Gasteiger partial charge in [-0.05, 0) is 0 Å². The quantitative estimate of drug-likeness (QED) is 0.389. The van der Waals surface area contributed by atoms with Crippen molar-refractivity contribution in [1.29, 1.82) is 0 Å². The normalized spacial score (nSPS) is 15.2. The molecular weight excluding hydrogens is 353 g/mol. The van der Waals surface area contributed by atoms with Gasteiger partial charge in [-0.15, -0.1) is 5.10 Å². The number of nitrogens with zero attached hydrogens (tertiary/aromatic N) is 3. The van der Waals surface area contributed by atoms with E-state index in [1.807, 2.05) is 0 Å². The molecule has 0 aliphatic rings. The first-order valence-electron chi connectivity index (χ1n) is 5.31. The van der Waals surface area contributed by atoms with E-state index >= 15 is 0 Å². The van der Waals surface area contributed by atoms with Gasteiger partial charge in [0.2, 0.25) is 0 Å². The highest BCUT2D eigenvalue weighted by atomic mass is 19.4. The Hall–Kier alpha value is -2.15. The Kier molecular flexibility index (Phi) is 4.77. The molecule has 132 valence electrons. The third kappa shape index (κ3) is 3.98. The number of alkyl halides is 9. The van der Waals surface area contributed by atoms with Crippen LogP contribution in [0, 0.1) is 0 Å². The van der Waals surface area contributed by atoms with E-state index in [1.165, 1.54) is 0 Å². The molecule has 0 amide bonds. The summed E-state index contributed by atoms with van der Waals surface area (Å²) < 4.78 is 117. The fraction of sp³-hybridized carbons (Fsp3) is 0.556. The summed E-state index contributed by atoms with van der Waals surface area (Å²) in [6.07, 6.45) is -21.9. The molecule has 0 spiro atoms. The van der Waals surface area contributed by atoms with Crippen molar-refractivity contribution in [1.82, 2.24) is 9.78 Å². The SMILES string of the molecule is Cn1nc(OC(F)(F)C(F)C(F)(F)F)c(C(F)(F)F)c1C=NO. The van der Waals surface area contributed by atoms with E-state index in [1.54, 1.807) is 0 Å². The number of aryl methyl sites for hydroxylation is 1. The van der Waals surface area contributed by atoms with E-state index < -0.39 is 41.8 Å². The molecule has 0 saturated carbocycles. The molecule has 0 aliphatic carbocycles. The highest BCUT2D eigenvalue weighted by molar-refractivity contribution is 5.80. The molecule has 14 heteroatoms. The number of halogens is 9. The Labute approximate surface area is 120 Å². The van der Waals surface area contributed by atoms with E-state index in [2.05, 4.69) is 15.0 Å². The predicted octanol–water partition coefficient (Wildman–Crippen LogP) is 3.12. The Morgan fingerprint density at radius 1 is 1.17 bits per heavy atom. The molecule has 0 aliphatic heterocycles. The molecule has 5 nitrogen and oxygen atoms in total. The summed E-state index contributed by atoms with van der Waals surface area (Å²) in [6, 6.07) is 0. The summed E-state index contributed by atoms with van der Waals surface area (Å²) in [5, 5.41) is 13.3. The molecule has 0 radical (unpaired) electrons. The Morgan fingerprint density at radius 3 is 2.09 bits per heavy atom. The molecular formula is C9H6F9N3O2. The van der Waals surface area contributed by atoms with Crippen LogP contribution in [0.4, 0.5) is 39.5 Å². The van der Waals surface area contributed by atoms with E-state index in [0.717, 1.165) is 7.05 Å². The second kappa shape index (κ2) is 5.81. The van der Waals surface area contributed by atoms with Crippen molar-refractivity contribution in [2.75, 3.05) is 0 Å².